The number of ketones is 1. The maximum absolute atomic E-state index is 14.5. The molecule has 0 spiro atoms. The van der Waals surface area contributed by atoms with Gasteiger partial charge >= 0.3 is 0 Å². The Labute approximate surface area is 211 Å². The van der Waals surface area contributed by atoms with Gasteiger partial charge in [0.15, 0.2) is 0 Å². The summed E-state index contributed by atoms with van der Waals surface area (Å²) in [6.45, 7) is 5.55. The summed E-state index contributed by atoms with van der Waals surface area (Å²) in [5.74, 6) is -0.484. The molecule has 1 N–H and O–H groups in total. The Morgan fingerprint density at radius 1 is 1.23 bits per heavy atom. The number of carbonyl (C=O) groups is 1. The third-order valence-electron chi connectivity index (χ3n) is 8.25. The third kappa shape index (κ3) is 5.15. The van der Waals surface area contributed by atoms with Crippen LogP contribution >= 0.6 is 11.3 Å². The fourth-order valence-corrected chi connectivity index (χ4v) is 6.71. The molecule has 3 aliphatic rings. The van der Waals surface area contributed by atoms with E-state index in [1.54, 1.807) is 11.3 Å². The molecule has 0 amide bonds. The van der Waals surface area contributed by atoms with Crippen LogP contribution in [0.2, 0.25) is 0 Å². The average molecular weight is 496 g/mol. The molecule has 7 heteroatoms. The van der Waals surface area contributed by atoms with Crippen molar-refractivity contribution >= 4 is 22.8 Å². The summed E-state index contributed by atoms with van der Waals surface area (Å²) in [6.07, 6.45) is 3.63. The van der Waals surface area contributed by atoms with Crippen LogP contribution in [0.3, 0.4) is 0 Å². The van der Waals surface area contributed by atoms with E-state index in [2.05, 4.69) is 35.2 Å². The van der Waals surface area contributed by atoms with Crippen LogP contribution in [-0.4, -0.2) is 40.7 Å². The lowest BCUT2D eigenvalue weighted by Crippen LogP contribution is -2.42. The fourth-order valence-electron chi connectivity index (χ4n) is 5.72. The smallest absolute Gasteiger partial charge is 0.138 e. The van der Waals surface area contributed by atoms with Gasteiger partial charge in [-0.05, 0) is 76.5 Å². The van der Waals surface area contributed by atoms with Crippen molar-refractivity contribution in [3.8, 4) is 16.5 Å². The van der Waals surface area contributed by atoms with Crippen LogP contribution in [0.4, 0.5) is 10.1 Å². The molecular weight excluding hydrogens is 461 g/mol. The van der Waals surface area contributed by atoms with Crippen molar-refractivity contribution in [2.45, 2.75) is 82.9 Å². The first-order chi connectivity index (χ1) is 16.7. The number of alkyl halides is 1. The quantitative estimate of drug-likeness (QED) is 0.535. The number of aryl methyl sites for hydroxylation is 1. The summed E-state index contributed by atoms with van der Waals surface area (Å²) in [6, 6.07) is 10.8. The minimum atomic E-state index is -0.967. The average Bonchev–Trinajstić information content (AvgIpc) is 3.51. The molecule has 2 heterocycles. The number of nitrogens with zero attached hydrogens (tertiary/aromatic N) is 3. The zero-order valence-corrected chi connectivity index (χ0v) is 21.4. The Kier molecular flexibility index (Phi) is 6.48. The number of carbonyl (C=O) groups excluding carboxylic acids is 1. The highest BCUT2D eigenvalue weighted by Gasteiger charge is 2.48. The van der Waals surface area contributed by atoms with E-state index in [1.807, 2.05) is 13.8 Å². The van der Waals surface area contributed by atoms with Crippen molar-refractivity contribution < 1.29 is 14.3 Å². The van der Waals surface area contributed by atoms with Crippen LogP contribution in [0.5, 0.6) is 0 Å². The predicted molar refractivity (Wildman–Crippen MR) is 136 cm³/mol. The number of hydrogen-bond donors (Lipinski definition) is 1. The molecule has 1 aromatic heterocycles. The zero-order chi connectivity index (χ0) is 24.8. The number of thiazole rings is 1. The number of benzene rings is 1. The molecule has 5 nitrogen and oxygen atoms in total. The lowest BCUT2D eigenvalue weighted by atomic mass is 9.72. The van der Waals surface area contributed by atoms with Gasteiger partial charge in [0.25, 0.3) is 0 Å². The molecule has 2 aliphatic carbocycles. The highest BCUT2D eigenvalue weighted by atomic mass is 32.1. The lowest BCUT2D eigenvalue weighted by molar-refractivity contribution is -0.126. The van der Waals surface area contributed by atoms with E-state index in [1.165, 1.54) is 0 Å². The van der Waals surface area contributed by atoms with Crippen molar-refractivity contribution in [1.29, 1.82) is 5.26 Å². The number of halogens is 1. The molecule has 186 valence electrons. The van der Waals surface area contributed by atoms with Gasteiger partial charge in [-0.2, -0.15) is 5.26 Å². The van der Waals surface area contributed by atoms with Gasteiger partial charge in [0, 0.05) is 37.0 Å². The molecule has 2 aromatic rings. The summed E-state index contributed by atoms with van der Waals surface area (Å²) >= 11 is 1.63. The normalized spacial score (nSPS) is 27.3. The van der Waals surface area contributed by atoms with Crippen molar-refractivity contribution in [3.05, 3.63) is 35.0 Å². The Hall–Kier alpha value is -2.30. The van der Waals surface area contributed by atoms with Gasteiger partial charge in [0.05, 0.1) is 32.7 Å². The molecule has 1 saturated heterocycles. The van der Waals surface area contributed by atoms with Crippen molar-refractivity contribution in [1.82, 2.24) is 4.98 Å². The number of aromatic nitrogens is 1. The topological polar surface area (TPSA) is 77.2 Å². The standard InChI is InChI=1S/C28H34FN3O2S/c1-18-31-25(22-8-5-20(29)15-23(22)24(33)16-28(17-30)9-10-28)26(35-18)19-3-6-21(7-4-19)32-13-11-27(2,34)12-14-32/h3-4,6-7,20,22-23,34H,5,8-16H2,1-2H3/t20-,22+,23+/m0/s1. The van der Waals surface area contributed by atoms with Crippen LogP contribution < -0.4 is 4.90 Å². The molecule has 3 fully saturated rings. The molecule has 2 saturated carbocycles. The van der Waals surface area contributed by atoms with Crippen molar-refractivity contribution in [2.24, 2.45) is 11.3 Å². The van der Waals surface area contributed by atoms with E-state index in [0.717, 1.165) is 65.6 Å². The van der Waals surface area contributed by atoms with E-state index in [-0.39, 0.29) is 24.5 Å². The predicted octanol–water partition coefficient (Wildman–Crippen LogP) is 5.95. The summed E-state index contributed by atoms with van der Waals surface area (Å²) in [4.78, 5) is 21.5. The van der Waals surface area contributed by atoms with Gasteiger partial charge in [-0.15, -0.1) is 11.3 Å². The highest BCUT2D eigenvalue weighted by Crippen LogP contribution is 2.51. The largest absolute Gasteiger partial charge is 0.390 e. The Bertz CT molecular complexity index is 1120. The van der Waals surface area contributed by atoms with E-state index < -0.39 is 23.1 Å². The van der Waals surface area contributed by atoms with Gasteiger partial charge in [-0.3, -0.25) is 4.79 Å². The first-order valence-corrected chi connectivity index (χ1v) is 13.6. The molecule has 3 atom stereocenters. The second kappa shape index (κ2) is 9.29. The second-order valence-corrected chi connectivity index (χ2v) is 12.3. The molecule has 0 bridgehead atoms. The number of aliphatic hydroxyl groups is 1. The van der Waals surface area contributed by atoms with Crippen LogP contribution in [0.1, 0.15) is 74.9 Å². The lowest BCUT2D eigenvalue weighted by Gasteiger charge is -2.37. The number of hydrogen-bond acceptors (Lipinski definition) is 6. The molecular formula is C28H34FN3O2S. The van der Waals surface area contributed by atoms with Crippen molar-refractivity contribution in [2.75, 3.05) is 18.0 Å². The van der Waals surface area contributed by atoms with Gasteiger partial charge in [0.2, 0.25) is 0 Å². The molecule has 35 heavy (non-hydrogen) atoms. The summed E-state index contributed by atoms with van der Waals surface area (Å²) < 4.78 is 14.5. The molecule has 0 radical (unpaired) electrons. The number of nitriles is 1. The monoisotopic (exact) mass is 495 g/mol. The maximum atomic E-state index is 14.5. The van der Waals surface area contributed by atoms with E-state index >= 15 is 0 Å². The van der Waals surface area contributed by atoms with Gasteiger partial charge in [-0.1, -0.05) is 12.1 Å². The van der Waals surface area contributed by atoms with Gasteiger partial charge in [0.1, 0.15) is 12.0 Å². The molecule has 1 aliphatic heterocycles. The summed E-state index contributed by atoms with van der Waals surface area (Å²) in [5.41, 5.74) is 2.04. The summed E-state index contributed by atoms with van der Waals surface area (Å²) in [5, 5.41) is 20.7. The number of piperidine rings is 1. The van der Waals surface area contributed by atoms with E-state index in [9.17, 15) is 19.6 Å². The first kappa shape index (κ1) is 24.4. The van der Waals surface area contributed by atoms with Crippen molar-refractivity contribution in [3.63, 3.8) is 0 Å². The highest BCUT2D eigenvalue weighted by molar-refractivity contribution is 7.15. The van der Waals surface area contributed by atoms with Crippen LogP contribution in [0.25, 0.3) is 10.4 Å². The van der Waals surface area contributed by atoms with Gasteiger partial charge < -0.3 is 10.0 Å². The van der Waals surface area contributed by atoms with Crippen LogP contribution in [-0.2, 0) is 4.79 Å². The SMILES string of the molecule is Cc1nc([C@@H]2CC[C@H](F)C[C@H]2C(=O)CC2(C#N)CC2)c(-c2ccc(N3CCC(C)(O)CC3)cc2)s1. The Morgan fingerprint density at radius 3 is 2.54 bits per heavy atom. The molecule has 0 unspecified atom stereocenters. The fraction of sp³-hybridized carbons (Fsp3) is 0.607. The summed E-state index contributed by atoms with van der Waals surface area (Å²) in [7, 11) is 0. The second-order valence-electron chi connectivity index (χ2n) is 11.1. The number of Topliss-reactive ketones (excluding diaryl/α,β-unsaturated/α-hetero) is 1. The Balaban J connectivity index is 1.39. The maximum Gasteiger partial charge on any atom is 0.138 e. The first-order valence-electron chi connectivity index (χ1n) is 12.8. The number of rotatable bonds is 6. The molecule has 1 aromatic carbocycles. The Morgan fingerprint density at radius 2 is 1.91 bits per heavy atom. The minimum Gasteiger partial charge on any atom is -0.390 e. The van der Waals surface area contributed by atoms with Crippen LogP contribution in [0, 0.1) is 29.6 Å². The van der Waals surface area contributed by atoms with Crippen LogP contribution in [0.15, 0.2) is 24.3 Å². The third-order valence-corrected chi connectivity index (χ3v) is 9.29. The van der Waals surface area contributed by atoms with E-state index in [4.69, 9.17) is 4.98 Å². The van der Waals surface area contributed by atoms with E-state index in [0.29, 0.717) is 12.8 Å². The molecule has 5 rings (SSSR count). The van der Waals surface area contributed by atoms with Gasteiger partial charge in [-0.25, -0.2) is 9.37 Å². The number of anilines is 1. The zero-order valence-electron chi connectivity index (χ0n) is 20.6. The minimum absolute atomic E-state index is 0.0318.